The van der Waals surface area contributed by atoms with Gasteiger partial charge in [0.2, 0.25) is 5.82 Å². The van der Waals surface area contributed by atoms with Gasteiger partial charge in [0.25, 0.3) is 0 Å². The Morgan fingerprint density at radius 2 is 1.56 bits per heavy atom. The molecule has 0 fully saturated rings. The van der Waals surface area contributed by atoms with Gasteiger partial charge in [0.15, 0.2) is 5.82 Å². The van der Waals surface area contributed by atoms with Crippen LogP contribution in [0.5, 0.6) is 0 Å². The van der Waals surface area contributed by atoms with Crippen LogP contribution in [0.3, 0.4) is 0 Å². The highest BCUT2D eigenvalue weighted by molar-refractivity contribution is 5.54. The van der Waals surface area contributed by atoms with E-state index in [9.17, 15) is 0 Å². The van der Waals surface area contributed by atoms with Gasteiger partial charge < -0.3 is 0 Å². The standard InChI is InChI=1S/C12H8N6/c1-2-5-13-9(4-1)12-17-10(8-16-18-12)11-14-6-3-7-15-11/h1-8H. The summed E-state index contributed by atoms with van der Waals surface area (Å²) in [5, 5.41) is 7.86. The minimum Gasteiger partial charge on any atom is -0.253 e. The SMILES string of the molecule is c1ccc(-c2nncc(-c3ncccn3)n2)nc1. The largest absolute Gasteiger partial charge is 0.253 e. The van der Waals surface area contributed by atoms with Crippen molar-refractivity contribution in [1.82, 2.24) is 30.1 Å². The highest BCUT2D eigenvalue weighted by Crippen LogP contribution is 2.14. The zero-order valence-corrected chi connectivity index (χ0v) is 9.30. The fourth-order valence-electron chi connectivity index (χ4n) is 1.45. The first-order valence-electron chi connectivity index (χ1n) is 5.32. The van der Waals surface area contributed by atoms with Gasteiger partial charge in [-0.1, -0.05) is 6.07 Å². The second-order valence-corrected chi connectivity index (χ2v) is 3.45. The Bertz CT molecular complexity index is 586. The first-order chi connectivity index (χ1) is 8.93. The third kappa shape index (κ3) is 2.03. The summed E-state index contributed by atoms with van der Waals surface area (Å²) >= 11 is 0. The van der Waals surface area contributed by atoms with Crippen molar-refractivity contribution >= 4 is 0 Å². The van der Waals surface area contributed by atoms with E-state index in [1.165, 1.54) is 6.20 Å². The molecule has 0 saturated carbocycles. The lowest BCUT2D eigenvalue weighted by Crippen LogP contribution is -1.98. The molecule has 0 radical (unpaired) electrons. The van der Waals surface area contributed by atoms with E-state index in [4.69, 9.17) is 0 Å². The van der Waals surface area contributed by atoms with Crippen molar-refractivity contribution in [1.29, 1.82) is 0 Å². The van der Waals surface area contributed by atoms with E-state index in [2.05, 4.69) is 30.1 Å². The van der Waals surface area contributed by atoms with Crippen molar-refractivity contribution in [3.8, 4) is 23.0 Å². The summed E-state index contributed by atoms with van der Waals surface area (Å²) in [6, 6.07) is 7.28. The van der Waals surface area contributed by atoms with Crippen LogP contribution in [0.15, 0.2) is 49.1 Å². The molecule has 0 spiro atoms. The maximum absolute atomic E-state index is 4.35. The smallest absolute Gasteiger partial charge is 0.201 e. The minimum absolute atomic E-state index is 0.459. The third-order valence-electron chi connectivity index (χ3n) is 2.25. The molecule has 3 aromatic heterocycles. The quantitative estimate of drug-likeness (QED) is 0.669. The number of hydrogen-bond acceptors (Lipinski definition) is 6. The minimum atomic E-state index is 0.459. The fourth-order valence-corrected chi connectivity index (χ4v) is 1.45. The van der Waals surface area contributed by atoms with E-state index in [0.717, 1.165) is 0 Å². The Kier molecular flexibility index (Phi) is 2.67. The lowest BCUT2D eigenvalue weighted by molar-refractivity contribution is 0.963. The monoisotopic (exact) mass is 236 g/mol. The van der Waals surface area contributed by atoms with Crippen LogP contribution in [0.4, 0.5) is 0 Å². The van der Waals surface area contributed by atoms with Crippen LogP contribution >= 0.6 is 0 Å². The Hall–Kier alpha value is -2.76. The zero-order chi connectivity index (χ0) is 12.2. The Balaban J connectivity index is 2.05. The Labute approximate surface area is 103 Å². The molecule has 3 rings (SSSR count). The van der Waals surface area contributed by atoms with Crippen molar-refractivity contribution < 1.29 is 0 Å². The van der Waals surface area contributed by atoms with E-state index < -0.39 is 0 Å². The van der Waals surface area contributed by atoms with Crippen LogP contribution in [0.25, 0.3) is 23.0 Å². The molecule has 0 amide bonds. The Morgan fingerprint density at radius 1 is 0.722 bits per heavy atom. The molecule has 3 heterocycles. The lowest BCUT2D eigenvalue weighted by Gasteiger charge is -2.00. The predicted octanol–water partition coefficient (Wildman–Crippen LogP) is 1.39. The summed E-state index contributed by atoms with van der Waals surface area (Å²) < 4.78 is 0. The second kappa shape index (κ2) is 4.62. The number of rotatable bonds is 2. The molecule has 3 aromatic rings. The third-order valence-corrected chi connectivity index (χ3v) is 2.25. The highest BCUT2D eigenvalue weighted by Gasteiger charge is 2.07. The molecule has 6 heteroatoms. The van der Waals surface area contributed by atoms with Crippen LogP contribution in [-0.4, -0.2) is 30.1 Å². The number of hydrogen-bond donors (Lipinski definition) is 0. The molecule has 0 saturated heterocycles. The topological polar surface area (TPSA) is 77.3 Å². The molecule has 0 N–H and O–H groups in total. The van der Waals surface area contributed by atoms with Gasteiger partial charge in [-0.3, -0.25) is 4.98 Å². The molecule has 18 heavy (non-hydrogen) atoms. The van der Waals surface area contributed by atoms with Crippen LogP contribution in [-0.2, 0) is 0 Å². The summed E-state index contributed by atoms with van der Waals surface area (Å²) in [6.07, 6.45) is 6.53. The molecular weight excluding hydrogens is 228 g/mol. The van der Waals surface area contributed by atoms with E-state index in [1.54, 1.807) is 24.7 Å². The van der Waals surface area contributed by atoms with Gasteiger partial charge in [0, 0.05) is 18.6 Å². The average Bonchev–Trinajstić information content (AvgIpc) is 2.49. The van der Waals surface area contributed by atoms with Gasteiger partial charge in [0.05, 0.1) is 6.20 Å². The molecule has 0 aliphatic heterocycles. The van der Waals surface area contributed by atoms with Gasteiger partial charge >= 0.3 is 0 Å². The Morgan fingerprint density at radius 3 is 2.33 bits per heavy atom. The van der Waals surface area contributed by atoms with Crippen LogP contribution in [0, 0.1) is 0 Å². The summed E-state index contributed by atoms with van der Waals surface area (Å²) in [6.45, 7) is 0. The summed E-state index contributed by atoms with van der Waals surface area (Å²) in [4.78, 5) is 16.8. The van der Waals surface area contributed by atoms with Crippen molar-refractivity contribution in [2.24, 2.45) is 0 Å². The molecule has 0 atom stereocenters. The van der Waals surface area contributed by atoms with E-state index in [0.29, 0.717) is 23.0 Å². The summed E-state index contributed by atoms with van der Waals surface area (Å²) in [5.74, 6) is 0.977. The van der Waals surface area contributed by atoms with Gasteiger partial charge in [-0.05, 0) is 18.2 Å². The molecular formula is C12H8N6. The maximum Gasteiger partial charge on any atom is 0.201 e. The van der Waals surface area contributed by atoms with Gasteiger partial charge in [-0.2, -0.15) is 5.10 Å². The molecule has 0 bridgehead atoms. The number of pyridine rings is 1. The molecule has 0 unspecified atom stereocenters. The number of aromatic nitrogens is 6. The average molecular weight is 236 g/mol. The highest BCUT2D eigenvalue weighted by atomic mass is 15.2. The molecule has 0 aliphatic carbocycles. The molecule has 0 aromatic carbocycles. The first-order valence-corrected chi connectivity index (χ1v) is 5.32. The normalized spacial score (nSPS) is 10.2. The molecule has 0 aliphatic rings. The van der Waals surface area contributed by atoms with Crippen molar-refractivity contribution in [3.63, 3.8) is 0 Å². The zero-order valence-electron chi connectivity index (χ0n) is 9.30. The van der Waals surface area contributed by atoms with E-state index >= 15 is 0 Å². The van der Waals surface area contributed by atoms with Crippen molar-refractivity contribution in [3.05, 3.63) is 49.1 Å². The predicted molar refractivity (Wildman–Crippen MR) is 64.1 cm³/mol. The molecule has 6 nitrogen and oxygen atoms in total. The van der Waals surface area contributed by atoms with E-state index in [-0.39, 0.29) is 0 Å². The first kappa shape index (κ1) is 10.4. The summed E-state index contributed by atoms with van der Waals surface area (Å²) in [7, 11) is 0. The molecule has 86 valence electrons. The number of nitrogens with zero attached hydrogens (tertiary/aromatic N) is 6. The maximum atomic E-state index is 4.35. The van der Waals surface area contributed by atoms with Gasteiger partial charge in [0.1, 0.15) is 11.4 Å². The van der Waals surface area contributed by atoms with Crippen molar-refractivity contribution in [2.75, 3.05) is 0 Å². The van der Waals surface area contributed by atoms with Gasteiger partial charge in [-0.15, -0.1) is 5.10 Å². The summed E-state index contributed by atoms with van der Waals surface area (Å²) in [5.41, 5.74) is 1.24. The van der Waals surface area contributed by atoms with Crippen LogP contribution in [0.2, 0.25) is 0 Å². The van der Waals surface area contributed by atoms with Crippen LogP contribution < -0.4 is 0 Å². The fraction of sp³-hybridized carbons (Fsp3) is 0. The second-order valence-electron chi connectivity index (χ2n) is 3.45. The van der Waals surface area contributed by atoms with Crippen LogP contribution in [0.1, 0.15) is 0 Å². The van der Waals surface area contributed by atoms with E-state index in [1.807, 2.05) is 18.2 Å². The van der Waals surface area contributed by atoms with Crippen molar-refractivity contribution in [2.45, 2.75) is 0 Å². The lowest BCUT2D eigenvalue weighted by atomic mass is 10.3. The van der Waals surface area contributed by atoms with Gasteiger partial charge in [-0.25, -0.2) is 15.0 Å².